The van der Waals surface area contributed by atoms with Crippen LogP contribution in [0.4, 0.5) is 0 Å². The van der Waals surface area contributed by atoms with Crippen molar-refractivity contribution >= 4 is 32.5 Å². The molecule has 10 heteroatoms. The summed E-state index contributed by atoms with van der Waals surface area (Å²) >= 11 is 1.38. The van der Waals surface area contributed by atoms with Crippen molar-refractivity contribution in [3.8, 4) is 10.9 Å². The van der Waals surface area contributed by atoms with E-state index in [0.29, 0.717) is 22.0 Å². The Morgan fingerprint density at radius 2 is 2.00 bits per heavy atom. The van der Waals surface area contributed by atoms with E-state index in [0.717, 1.165) is 5.56 Å². The second kappa shape index (κ2) is 7.23. The normalized spacial score (nSPS) is 11.8. The molecule has 0 aliphatic carbocycles. The van der Waals surface area contributed by atoms with Crippen LogP contribution in [0, 0.1) is 0 Å². The molecule has 0 spiro atoms. The number of ether oxygens (including phenoxy) is 1. The summed E-state index contributed by atoms with van der Waals surface area (Å²) in [6.45, 7) is 0.113. The molecule has 1 N–H and O–H groups in total. The standard InChI is InChI=1S/C18H15N3O5S2/c1-21-15-10-14(6-7-16(15)26-18(21)22)28(23,24)20-11-12-2-4-13(5-3-12)25-17-19-8-9-27-17/h2-10,20H,11H2,1H3. The second-order valence-electron chi connectivity index (χ2n) is 5.93. The zero-order chi connectivity index (χ0) is 19.7. The number of oxazole rings is 1. The van der Waals surface area contributed by atoms with Gasteiger partial charge in [0.2, 0.25) is 10.0 Å². The van der Waals surface area contributed by atoms with Gasteiger partial charge in [-0.2, -0.15) is 0 Å². The minimum Gasteiger partial charge on any atom is -0.431 e. The number of nitrogens with zero attached hydrogens (tertiary/aromatic N) is 2. The number of benzene rings is 2. The maximum Gasteiger partial charge on any atom is 0.419 e. The first kappa shape index (κ1) is 18.4. The molecule has 0 radical (unpaired) electrons. The van der Waals surface area contributed by atoms with E-state index in [1.165, 1.54) is 41.2 Å². The number of nitrogens with one attached hydrogen (secondary N) is 1. The molecule has 4 aromatic rings. The van der Waals surface area contributed by atoms with Gasteiger partial charge < -0.3 is 9.15 Å². The van der Waals surface area contributed by atoms with Gasteiger partial charge in [-0.1, -0.05) is 23.5 Å². The Hall–Kier alpha value is -2.95. The molecule has 0 saturated heterocycles. The Labute approximate surface area is 164 Å². The number of fused-ring (bicyclic) bond motifs is 1. The molecule has 2 aromatic carbocycles. The number of aromatic nitrogens is 2. The summed E-state index contributed by atoms with van der Waals surface area (Å²) in [5, 5.41) is 2.36. The van der Waals surface area contributed by atoms with Gasteiger partial charge in [0, 0.05) is 25.2 Å². The Morgan fingerprint density at radius 1 is 1.21 bits per heavy atom. The van der Waals surface area contributed by atoms with Crippen LogP contribution in [0.1, 0.15) is 5.56 Å². The van der Waals surface area contributed by atoms with E-state index in [9.17, 15) is 13.2 Å². The zero-order valence-corrected chi connectivity index (χ0v) is 16.3. The van der Waals surface area contributed by atoms with Crippen molar-refractivity contribution in [3.63, 3.8) is 0 Å². The van der Waals surface area contributed by atoms with Crippen LogP contribution < -0.4 is 15.2 Å². The first-order valence-electron chi connectivity index (χ1n) is 8.18. The monoisotopic (exact) mass is 417 g/mol. The lowest BCUT2D eigenvalue weighted by molar-refractivity contribution is 0.478. The van der Waals surface area contributed by atoms with E-state index in [-0.39, 0.29) is 11.4 Å². The molecule has 2 heterocycles. The van der Waals surface area contributed by atoms with Crippen molar-refractivity contribution in [2.75, 3.05) is 0 Å². The van der Waals surface area contributed by atoms with E-state index in [2.05, 4.69) is 9.71 Å². The minimum absolute atomic E-state index is 0.0557. The van der Waals surface area contributed by atoms with Crippen LogP contribution in [0.3, 0.4) is 0 Å². The molecule has 0 aliphatic heterocycles. The lowest BCUT2D eigenvalue weighted by atomic mass is 10.2. The van der Waals surface area contributed by atoms with Crippen molar-refractivity contribution in [1.82, 2.24) is 14.3 Å². The van der Waals surface area contributed by atoms with Crippen LogP contribution in [0.15, 0.2) is 68.1 Å². The summed E-state index contributed by atoms with van der Waals surface area (Å²) in [7, 11) is -2.23. The van der Waals surface area contributed by atoms with E-state index in [1.54, 1.807) is 30.5 Å². The van der Waals surface area contributed by atoms with E-state index >= 15 is 0 Å². The topological polar surface area (TPSA) is 103 Å². The first-order chi connectivity index (χ1) is 13.4. The smallest absolute Gasteiger partial charge is 0.419 e. The van der Waals surface area contributed by atoms with Crippen LogP contribution in [-0.4, -0.2) is 18.0 Å². The lowest BCUT2D eigenvalue weighted by Crippen LogP contribution is -2.23. The molecule has 0 fully saturated rings. The van der Waals surface area contributed by atoms with Crippen molar-refractivity contribution in [3.05, 3.63) is 70.2 Å². The third kappa shape index (κ3) is 3.70. The molecule has 2 aromatic heterocycles. The van der Waals surface area contributed by atoms with Gasteiger partial charge in [-0.05, 0) is 35.9 Å². The van der Waals surface area contributed by atoms with E-state index < -0.39 is 15.8 Å². The van der Waals surface area contributed by atoms with Gasteiger partial charge in [0.1, 0.15) is 5.75 Å². The summed E-state index contributed by atoms with van der Waals surface area (Å²) in [6.07, 6.45) is 1.65. The number of hydrogen-bond acceptors (Lipinski definition) is 7. The molecule has 0 unspecified atom stereocenters. The van der Waals surface area contributed by atoms with Crippen molar-refractivity contribution in [2.45, 2.75) is 11.4 Å². The molecule has 0 aliphatic rings. The molecule has 28 heavy (non-hydrogen) atoms. The van der Waals surface area contributed by atoms with Gasteiger partial charge in [-0.3, -0.25) is 4.57 Å². The van der Waals surface area contributed by atoms with E-state index in [1.807, 2.05) is 5.38 Å². The Morgan fingerprint density at radius 3 is 2.71 bits per heavy atom. The van der Waals surface area contributed by atoms with Gasteiger partial charge in [-0.25, -0.2) is 22.9 Å². The Bertz CT molecular complexity index is 1270. The van der Waals surface area contributed by atoms with Gasteiger partial charge in [0.05, 0.1) is 10.4 Å². The fourth-order valence-electron chi connectivity index (χ4n) is 2.57. The number of rotatable bonds is 6. The van der Waals surface area contributed by atoms with Crippen LogP contribution in [0.25, 0.3) is 11.1 Å². The highest BCUT2D eigenvalue weighted by atomic mass is 32.2. The molecule has 8 nitrogen and oxygen atoms in total. The van der Waals surface area contributed by atoms with Gasteiger partial charge in [-0.15, -0.1) is 0 Å². The molecule has 4 rings (SSSR count). The van der Waals surface area contributed by atoms with Gasteiger partial charge in [0.25, 0.3) is 5.19 Å². The maximum absolute atomic E-state index is 12.6. The van der Waals surface area contributed by atoms with Crippen molar-refractivity contribution in [1.29, 1.82) is 0 Å². The van der Waals surface area contributed by atoms with E-state index in [4.69, 9.17) is 9.15 Å². The van der Waals surface area contributed by atoms with Crippen LogP contribution >= 0.6 is 11.3 Å². The van der Waals surface area contributed by atoms with Crippen LogP contribution in [0.2, 0.25) is 0 Å². The number of sulfonamides is 1. The quantitative estimate of drug-likeness (QED) is 0.517. The van der Waals surface area contributed by atoms with Crippen LogP contribution in [-0.2, 0) is 23.6 Å². The van der Waals surface area contributed by atoms with Gasteiger partial charge in [0.15, 0.2) is 5.58 Å². The van der Waals surface area contributed by atoms with Crippen molar-refractivity contribution < 1.29 is 17.6 Å². The summed E-state index contributed by atoms with van der Waals surface area (Å²) in [4.78, 5) is 15.7. The predicted molar refractivity (Wildman–Crippen MR) is 104 cm³/mol. The number of thiazole rings is 1. The minimum atomic E-state index is -3.76. The Balaban J connectivity index is 1.47. The zero-order valence-electron chi connectivity index (χ0n) is 14.7. The Kier molecular flexibility index (Phi) is 4.75. The molecule has 0 saturated carbocycles. The highest BCUT2D eigenvalue weighted by Crippen LogP contribution is 2.23. The second-order valence-corrected chi connectivity index (χ2v) is 8.55. The highest BCUT2D eigenvalue weighted by molar-refractivity contribution is 7.89. The molecule has 0 bridgehead atoms. The summed E-state index contributed by atoms with van der Waals surface area (Å²) in [5.41, 5.74) is 1.52. The maximum atomic E-state index is 12.6. The summed E-state index contributed by atoms with van der Waals surface area (Å²) < 4.78 is 39.6. The molecule has 144 valence electrons. The average Bonchev–Trinajstić information content (AvgIpc) is 3.29. The third-order valence-electron chi connectivity index (χ3n) is 4.08. The SMILES string of the molecule is Cn1c(=O)oc2ccc(S(=O)(=O)NCc3ccc(Oc4nccs4)cc3)cc21. The van der Waals surface area contributed by atoms with Crippen LogP contribution in [0.5, 0.6) is 10.9 Å². The lowest BCUT2D eigenvalue weighted by Gasteiger charge is -2.08. The highest BCUT2D eigenvalue weighted by Gasteiger charge is 2.16. The fraction of sp³-hybridized carbons (Fsp3) is 0.111. The average molecular weight is 417 g/mol. The number of aryl methyl sites for hydroxylation is 1. The summed E-state index contributed by atoms with van der Waals surface area (Å²) in [6, 6.07) is 11.3. The third-order valence-corrected chi connectivity index (χ3v) is 6.12. The molecular formula is C18H15N3O5S2. The summed E-state index contributed by atoms with van der Waals surface area (Å²) in [5.74, 6) is 0.0745. The fourth-order valence-corrected chi connectivity index (χ4v) is 4.11. The van der Waals surface area contributed by atoms with Gasteiger partial charge >= 0.3 is 5.76 Å². The molecule has 0 atom stereocenters. The number of hydrogen-bond donors (Lipinski definition) is 1. The first-order valence-corrected chi connectivity index (χ1v) is 10.5. The predicted octanol–water partition coefficient (Wildman–Crippen LogP) is 2.86. The molecular weight excluding hydrogens is 402 g/mol. The van der Waals surface area contributed by atoms with Crippen molar-refractivity contribution in [2.24, 2.45) is 7.05 Å². The largest absolute Gasteiger partial charge is 0.431 e. The molecule has 0 amide bonds.